The quantitative estimate of drug-likeness (QED) is 0.828. The highest BCUT2D eigenvalue weighted by Crippen LogP contribution is 2.34. The van der Waals surface area contributed by atoms with Crippen LogP contribution in [0.15, 0.2) is 48.8 Å². The standard InChI is InChI=1S/C21H27N3O2/c1-21(2)16-23(20(25)11-10-17-7-6-12-22-15-17)13-14-24(21)18-8-4-5-9-19(18)26-3/h4-9,12,15H,10-11,13-14,16H2,1-3H3. The number of anilines is 1. The van der Waals surface area contributed by atoms with Gasteiger partial charge in [-0.25, -0.2) is 0 Å². The van der Waals surface area contributed by atoms with Gasteiger partial charge in [0.15, 0.2) is 0 Å². The van der Waals surface area contributed by atoms with Crippen LogP contribution in [0, 0.1) is 0 Å². The summed E-state index contributed by atoms with van der Waals surface area (Å²) in [7, 11) is 1.70. The zero-order valence-electron chi connectivity index (χ0n) is 15.8. The third-order valence-corrected chi connectivity index (χ3v) is 4.98. The zero-order chi connectivity index (χ0) is 18.6. The summed E-state index contributed by atoms with van der Waals surface area (Å²) in [6.07, 6.45) is 4.85. The molecule has 0 atom stereocenters. The fourth-order valence-corrected chi connectivity index (χ4v) is 3.62. The van der Waals surface area contributed by atoms with Crippen molar-refractivity contribution in [1.82, 2.24) is 9.88 Å². The molecule has 2 aromatic rings. The van der Waals surface area contributed by atoms with Gasteiger partial charge in [-0.3, -0.25) is 9.78 Å². The summed E-state index contributed by atoms with van der Waals surface area (Å²) in [6, 6.07) is 12.0. The maximum Gasteiger partial charge on any atom is 0.223 e. The second-order valence-corrected chi connectivity index (χ2v) is 7.31. The van der Waals surface area contributed by atoms with Gasteiger partial charge < -0.3 is 14.5 Å². The second kappa shape index (κ2) is 7.77. The van der Waals surface area contributed by atoms with Crippen molar-refractivity contribution in [2.75, 3.05) is 31.6 Å². The Morgan fingerprint density at radius 3 is 2.69 bits per heavy atom. The monoisotopic (exact) mass is 353 g/mol. The number of rotatable bonds is 5. The number of benzene rings is 1. The van der Waals surface area contributed by atoms with Crippen molar-refractivity contribution < 1.29 is 9.53 Å². The molecule has 1 aromatic carbocycles. The van der Waals surface area contributed by atoms with Gasteiger partial charge in [0, 0.05) is 38.4 Å². The van der Waals surface area contributed by atoms with Gasteiger partial charge in [-0.1, -0.05) is 18.2 Å². The number of amides is 1. The summed E-state index contributed by atoms with van der Waals surface area (Å²) in [5, 5.41) is 0. The van der Waals surface area contributed by atoms with Gasteiger partial charge in [0.2, 0.25) is 5.91 Å². The first-order valence-electron chi connectivity index (χ1n) is 9.08. The fraction of sp³-hybridized carbons (Fsp3) is 0.429. The highest BCUT2D eigenvalue weighted by atomic mass is 16.5. The lowest BCUT2D eigenvalue weighted by molar-refractivity contribution is -0.132. The second-order valence-electron chi connectivity index (χ2n) is 7.31. The minimum absolute atomic E-state index is 0.156. The summed E-state index contributed by atoms with van der Waals surface area (Å²) in [6.45, 7) is 6.59. The van der Waals surface area contributed by atoms with Crippen LogP contribution in [-0.4, -0.2) is 48.1 Å². The number of ether oxygens (including phenoxy) is 1. The van der Waals surface area contributed by atoms with Crippen molar-refractivity contribution in [3.05, 3.63) is 54.4 Å². The molecular weight excluding hydrogens is 326 g/mol. The average Bonchev–Trinajstić information content (AvgIpc) is 2.66. The number of para-hydroxylation sites is 2. The van der Waals surface area contributed by atoms with E-state index in [1.54, 1.807) is 13.3 Å². The van der Waals surface area contributed by atoms with Crippen LogP contribution < -0.4 is 9.64 Å². The molecule has 1 aliphatic heterocycles. The van der Waals surface area contributed by atoms with Crippen molar-refractivity contribution in [3.63, 3.8) is 0 Å². The summed E-state index contributed by atoms with van der Waals surface area (Å²) >= 11 is 0. The van der Waals surface area contributed by atoms with E-state index >= 15 is 0 Å². The number of aryl methyl sites for hydroxylation is 1. The number of aromatic nitrogens is 1. The number of hydrogen-bond donors (Lipinski definition) is 0. The largest absolute Gasteiger partial charge is 0.495 e. The molecule has 2 heterocycles. The minimum atomic E-state index is -0.156. The Kier molecular flexibility index (Phi) is 5.45. The Hall–Kier alpha value is -2.56. The summed E-state index contributed by atoms with van der Waals surface area (Å²) in [5.74, 6) is 1.08. The van der Waals surface area contributed by atoms with Crippen LogP contribution in [-0.2, 0) is 11.2 Å². The molecule has 1 fully saturated rings. The third kappa shape index (κ3) is 3.98. The number of carbonyl (C=O) groups is 1. The molecule has 1 aliphatic rings. The normalized spacial score (nSPS) is 16.4. The topological polar surface area (TPSA) is 45.7 Å². The van der Waals surface area contributed by atoms with Crippen LogP contribution in [0.25, 0.3) is 0 Å². The van der Waals surface area contributed by atoms with Crippen LogP contribution in [0.5, 0.6) is 5.75 Å². The first kappa shape index (κ1) is 18.2. The molecule has 3 rings (SSSR count). The highest BCUT2D eigenvalue weighted by Gasteiger charge is 2.36. The van der Waals surface area contributed by atoms with E-state index in [-0.39, 0.29) is 11.4 Å². The van der Waals surface area contributed by atoms with E-state index in [1.165, 1.54) is 0 Å². The van der Waals surface area contributed by atoms with Crippen molar-refractivity contribution in [2.24, 2.45) is 0 Å². The lowest BCUT2D eigenvalue weighted by atomic mass is 9.97. The van der Waals surface area contributed by atoms with E-state index < -0.39 is 0 Å². The van der Waals surface area contributed by atoms with Gasteiger partial charge in [0.05, 0.1) is 18.3 Å². The van der Waals surface area contributed by atoms with E-state index in [0.29, 0.717) is 13.0 Å². The molecule has 0 spiro atoms. The number of nitrogens with zero attached hydrogens (tertiary/aromatic N) is 3. The molecule has 26 heavy (non-hydrogen) atoms. The molecule has 0 N–H and O–H groups in total. The minimum Gasteiger partial charge on any atom is -0.495 e. The van der Waals surface area contributed by atoms with Crippen LogP contribution in [0.3, 0.4) is 0 Å². The van der Waals surface area contributed by atoms with Crippen molar-refractivity contribution in [2.45, 2.75) is 32.2 Å². The highest BCUT2D eigenvalue weighted by molar-refractivity contribution is 5.77. The van der Waals surface area contributed by atoms with Crippen molar-refractivity contribution >= 4 is 11.6 Å². The first-order valence-corrected chi connectivity index (χ1v) is 9.08. The SMILES string of the molecule is COc1ccccc1N1CCN(C(=O)CCc2cccnc2)CC1(C)C. The molecular formula is C21H27N3O2. The number of methoxy groups -OCH3 is 1. The maximum absolute atomic E-state index is 12.7. The molecule has 0 bridgehead atoms. The van der Waals surface area contributed by atoms with E-state index in [9.17, 15) is 4.79 Å². The molecule has 1 saturated heterocycles. The van der Waals surface area contributed by atoms with Crippen LogP contribution in [0.4, 0.5) is 5.69 Å². The molecule has 0 radical (unpaired) electrons. The molecule has 1 aromatic heterocycles. The van der Waals surface area contributed by atoms with Crippen LogP contribution in [0.2, 0.25) is 0 Å². The molecule has 0 unspecified atom stereocenters. The summed E-state index contributed by atoms with van der Waals surface area (Å²) in [4.78, 5) is 21.1. The number of carbonyl (C=O) groups excluding carboxylic acids is 1. The Balaban J connectivity index is 1.65. The first-order chi connectivity index (χ1) is 12.5. The fourth-order valence-electron chi connectivity index (χ4n) is 3.62. The van der Waals surface area contributed by atoms with E-state index in [4.69, 9.17) is 4.74 Å². The van der Waals surface area contributed by atoms with Gasteiger partial charge in [0.25, 0.3) is 0 Å². The molecule has 1 amide bonds. The predicted octanol–water partition coefficient (Wildman–Crippen LogP) is 3.15. The van der Waals surface area contributed by atoms with Crippen LogP contribution >= 0.6 is 0 Å². The number of pyridine rings is 1. The maximum atomic E-state index is 12.7. The van der Waals surface area contributed by atoms with Gasteiger partial charge in [-0.15, -0.1) is 0 Å². The number of hydrogen-bond acceptors (Lipinski definition) is 4. The smallest absolute Gasteiger partial charge is 0.223 e. The predicted molar refractivity (Wildman–Crippen MR) is 104 cm³/mol. The Morgan fingerprint density at radius 1 is 1.19 bits per heavy atom. The molecule has 0 saturated carbocycles. The van der Waals surface area contributed by atoms with Gasteiger partial charge >= 0.3 is 0 Å². The Bertz CT molecular complexity index is 746. The molecule has 5 heteroatoms. The van der Waals surface area contributed by atoms with E-state index in [1.807, 2.05) is 41.4 Å². The third-order valence-electron chi connectivity index (χ3n) is 4.98. The van der Waals surface area contributed by atoms with E-state index in [0.717, 1.165) is 36.5 Å². The average molecular weight is 353 g/mol. The Morgan fingerprint density at radius 2 is 2.00 bits per heavy atom. The van der Waals surface area contributed by atoms with E-state index in [2.05, 4.69) is 29.8 Å². The Labute approximate surface area is 155 Å². The van der Waals surface area contributed by atoms with Crippen LogP contribution in [0.1, 0.15) is 25.8 Å². The zero-order valence-corrected chi connectivity index (χ0v) is 15.8. The van der Waals surface area contributed by atoms with Crippen molar-refractivity contribution in [3.8, 4) is 5.75 Å². The van der Waals surface area contributed by atoms with Gasteiger partial charge in [0.1, 0.15) is 5.75 Å². The molecule has 5 nitrogen and oxygen atoms in total. The van der Waals surface area contributed by atoms with Gasteiger partial charge in [-0.2, -0.15) is 0 Å². The summed E-state index contributed by atoms with van der Waals surface area (Å²) in [5.41, 5.74) is 2.03. The van der Waals surface area contributed by atoms with Gasteiger partial charge in [-0.05, 0) is 44.0 Å². The van der Waals surface area contributed by atoms with Crippen molar-refractivity contribution in [1.29, 1.82) is 0 Å². The lowest BCUT2D eigenvalue weighted by Gasteiger charge is -2.48. The number of piperazine rings is 1. The lowest BCUT2D eigenvalue weighted by Crippen LogP contribution is -2.60. The molecule has 138 valence electrons. The molecule has 0 aliphatic carbocycles. The summed E-state index contributed by atoms with van der Waals surface area (Å²) < 4.78 is 5.53.